The number of piperidine rings is 1. The number of fused-ring (bicyclic) bond motifs is 3. The van der Waals surface area contributed by atoms with Gasteiger partial charge < -0.3 is 4.90 Å². The number of aromatic nitrogens is 4. The summed E-state index contributed by atoms with van der Waals surface area (Å²) in [5.74, 6) is 5.45. The average Bonchev–Trinajstić information content (AvgIpc) is 3.04. The third-order valence-electron chi connectivity index (χ3n) is 5.36. The quantitative estimate of drug-likeness (QED) is 0.639. The minimum absolute atomic E-state index is 0.415. The van der Waals surface area contributed by atoms with E-state index in [1.807, 2.05) is 36.2 Å². The lowest BCUT2D eigenvalue weighted by Gasteiger charge is -2.32. The molecule has 138 valence electrons. The van der Waals surface area contributed by atoms with E-state index < -0.39 is 0 Å². The number of nitrogens with zero attached hydrogens (tertiary/aromatic N) is 5. The van der Waals surface area contributed by atoms with Crippen LogP contribution in [0.3, 0.4) is 0 Å². The SMILES string of the molecule is Clc1ccc2c(c1)CSCc1nnc(C3CCN(c4ccccn4)CC3)n1-2. The molecule has 0 radical (unpaired) electrons. The molecule has 0 atom stereocenters. The minimum Gasteiger partial charge on any atom is -0.357 e. The van der Waals surface area contributed by atoms with Crippen LogP contribution < -0.4 is 4.90 Å². The van der Waals surface area contributed by atoms with Gasteiger partial charge in [0.15, 0.2) is 0 Å². The van der Waals surface area contributed by atoms with Crippen LogP contribution in [0.25, 0.3) is 5.69 Å². The van der Waals surface area contributed by atoms with Crippen molar-refractivity contribution >= 4 is 29.2 Å². The normalized spacial score (nSPS) is 17.3. The van der Waals surface area contributed by atoms with Crippen molar-refractivity contribution in [1.29, 1.82) is 0 Å². The average molecular weight is 398 g/mol. The van der Waals surface area contributed by atoms with E-state index in [4.69, 9.17) is 11.6 Å². The second-order valence-electron chi connectivity index (χ2n) is 7.02. The van der Waals surface area contributed by atoms with Crippen molar-refractivity contribution in [2.24, 2.45) is 0 Å². The highest BCUT2D eigenvalue weighted by molar-refractivity contribution is 7.97. The molecule has 0 saturated carbocycles. The van der Waals surface area contributed by atoms with Gasteiger partial charge in [0.2, 0.25) is 0 Å². The molecule has 0 N–H and O–H groups in total. The fourth-order valence-electron chi connectivity index (χ4n) is 4.00. The van der Waals surface area contributed by atoms with E-state index in [1.54, 1.807) is 0 Å². The maximum atomic E-state index is 6.23. The van der Waals surface area contributed by atoms with Gasteiger partial charge in [-0.2, -0.15) is 0 Å². The van der Waals surface area contributed by atoms with E-state index >= 15 is 0 Å². The van der Waals surface area contributed by atoms with Crippen molar-refractivity contribution in [3.05, 3.63) is 64.8 Å². The molecule has 2 aliphatic heterocycles. The molecule has 7 heteroatoms. The summed E-state index contributed by atoms with van der Waals surface area (Å²) < 4.78 is 2.28. The first-order valence-electron chi connectivity index (χ1n) is 9.26. The molecule has 27 heavy (non-hydrogen) atoms. The maximum Gasteiger partial charge on any atom is 0.147 e. The van der Waals surface area contributed by atoms with Gasteiger partial charge in [0.05, 0.1) is 11.4 Å². The van der Waals surface area contributed by atoms with Gasteiger partial charge in [0.25, 0.3) is 0 Å². The zero-order valence-corrected chi connectivity index (χ0v) is 16.5. The zero-order chi connectivity index (χ0) is 18.2. The molecular formula is C20H20ClN5S. The van der Waals surface area contributed by atoms with Gasteiger partial charge in [-0.05, 0) is 48.7 Å². The largest absolute Gasteiger partial charge is 0.357 e. The number of halogens is 1. The minimum atomic E-state index is 0.415. The molecule has 0 amide bonds. The first kappa shape index (κ1) is 17.1. The molecular weight excluding hydrogens is 378 g/mol. The molecule has 3 aromatic rings. The van der Waals surface area contributed by atoms with Gasteiger partial charge >= 0.3 is 0 Å². The Bertz CT molecular complexity index is 950. The van der Waals surface area contributed by atoms with E-state index in [-0.39, 0.29) is 0 Å². The summed E-state index contributed by atoms with van der Waals surface area (Å²) in [7, 11) is 0. The summed E-state index contributed by atoms with van der Waals surface area (Å²) in [6, 6.07) is 12.2. The first-order chi connectivity index (χ1) is 13.3. The highest BCUT2D eigenvalue weighted by Gasteiger charge is 2.29. The van der Waals surface area contributed by atoms with E-state index in [0.717, 1.165) is 59.9 Å². The van der Waals surface area contributed by atoms with Crippen LogP contribution in [0.15, 0.2) is 42.6 Å². The van der Waals surface area contributed by atoms with Gasteiger partial charge in [-0.15, -0.1) is 22.0 Å². The molecule has 0 bridgehead atoms. The maximum absolute atomic E-state index is 6.23. The summed E-state index contributed by atoms with van der Waals surface area (Å²) in [5, 5.41) is 9.93. The van der Waals surface area contributed by atoms with Crippen LogP contribution in [0.1, 0.15) is 36.0 Å². The van der Waals surface area contributed by atoms with Gasteiger partial charge in [-0.3, -0.25) is 4.57 Å². The lowest BCUT2D eigenvalue weighted by atomic mass is 9.95. The number of anilines is 1. The Kier molecular flexibility index (Phi) is 4.53. The molecule has 0 aliphatic carbocycles. The van der Waals surface area contributed by atoms with Crippen LogP contribution >= 0.6 is 23.4 Å². The van der Waals surface area contributed by atoms with Crippen molar-refractivity contribution in [3.8, 4) is 5.69 Å². The number of pyridine rings is 1. The van der Waals surface area contributed by atoms with Crippen LogP contribution in [-0.4, -0.2) is 32.8 Å². The van der Waals surface area contributed by atoms with Crippen LogP contribution in [0.4, 0.5) is 5.82 Å². The van der Waals surface area contributed by atoms with Crippen molar-refractivity contribution in [1.82, 2.24) is 19.7 Å². The molecule has 0 unspecified atom stereocenters. The highest BCUT2D eigenvalue weighted by atomic mass is 35.5. The van der Waals surface area contributed by atoms with Gasteiger partial charge in [-0.1, -0.05) is 17.7 Å². The molecule has 2 aliphatic rings. The summed E-state index contributed by atoms with van der Waals surface area (Å²) in [6.07, 6.45) is 3.98. The molecule has 1 saturated heterocycles. The zero-order valence-electron chi connectivity index (χ0n) is 14.9. The van der Waals surface area contributed by atoms with E-state index in [2.05, 4.69) is 42.8 Å². The Morgan fingerprint density at radius 2 is 1.93 bits per heavy atom. The molecule has 5 nitrogen and oxygen atoms in total. The van der Waals surface area contributed by atoms with E-state index in [9.17, 15) is 0 Å². The Balaban J connectivity index is 1.44. The van der Waals surface area contributed by atoms with Crippen LogP contribution in [0.5, 0.6) is 0 Å². The number of hydrogen-bond donors (Lipinski definition) is 0. The van der Waals surface area contributed by atoms with Crippen molar-refractivity contribution in [2.75, 3.05) is 18.0 Å². The summed E-state index contributed by atoms with van der Waals surface area (Å²) in [4.78, 5) is 6.85. The van der Waals surface area contributed by atoms with Crippen LogP contribution in [0.2, 0.25) is 5.02 Å². The molecule has 0 spiro atoms. The van der Waals surface area contributed by atoms with Gasteiger partial charge in [0, 0.05) is 36.0 Å². The fourth-order valence-corrected chi connectivity index (χ4v) is 5.12. The summed E-state index contributed by atoms with van der Waals surface area (Å²) in [5.41, 5.74) is 2.45. The number of rotatable bonds is 2. The topological polar surface area (TPSA) is 46.8 Å². The van der Waals surface area contributed by atoms with Crippen LogP contribution in [-0.2, 0) is 11.5 Å². The lowest BCUT2D eigenvalue weighted by Crippen LogP contribution is -2.34. The second kappa shape index (κ2) is 7.17. The van der Waals surface area contributed by atoms with E-state index in [1.165, 1.54) is 11.3 Å². The molecule has 4 heterocycles. The van der Waals surface area contributed by atoms with Crippen molar-refractivity contribution in [2.45, 2.75) is 30.3 Å². The molecule has 1 aromatic carbocycles. The monoisotopic (exact) mass is 397 g/mol. The predicted octanol–water partition coefficient (Wildman–Crippen LogP) is 4.45. The van der Waals surface area contributed by atoms with Crippen LogP contribution in [0, 0.1) is 0 Å². The number of thioether (sulfide) groups is 1. The summed E-state index contributed by atoms with van der Waals surface area (Å²) >= 11 is 8.10. The van der Waals surface area contributed by atoms with Crippen molar-refractivity contribution < 1.29 is 0 Å². The smallest absolute Gasteiger partial charge is 0.147 e. The Morgan fingerprint density at radius 3 is 2.74 bits per heavy atom. The standard InChI is InChI=1S/C20H20ClN5S/c21-16-4-5-17-15(11-16)12-27-13-19-23-24-20(26(17)19)14-6-9-25(10-7-14)18-3-1-2-8-22-18/h1-5,8,11,14H,6-7,9-10,12-13H2. The molecule has 1 fully saturated rings. The second-order valence-corrected chi connectivity index (χ2v) is 8.45. The fraction of sp³-hybridized carbons (Fsp3) is 0.350. The van der Waals surface area contributed by atoms with E-state index in [0.29, 0.717) is 5.92 Å². The Labute approximate surface area is 167 Å². The van der Waals surface area contributed by atoms with Crippen molar-refractivity contribution in [3.63, 3.8) is 0 Å². The Morgan fingerprint density at radius 1 is 1.04 bits per heavy atom. The molecule has 2 aromatic heterocycles. The van der Waals surface area contributed by atoms with Gasteiger partial charge in [0.1, 0.15) is 17.5 Å². The molecule has 5 rings (SSSR count). The first-order valence-corrected chi connectivity index (χ1v) is 10.8. The highest BCUT2D eigenvalue weighted by Crippen LogP contribution is 2.35. The number of benzene rings is 1. The van der Waals surface area contributed by atoms with Gasteiger partial charge in [-0.25, -0.2) is 4.98 Å². The summed E-state index contributed by atoms with van der Waals surface area (Å²) in [6.45, 7) is 1.98. The number of hydrogen-bond acceptors (Lipinski definition) is 5. The Hall–Kier alpha value is -2.05. The predicted molar refractivity (Wildman–Crippen MR) is 110 cm³/mol. The lowest BCUT2D eigenvalue weighted by molar-refractivity contribution is 0.477. The third kappa shape index (κ3) is 3.21. The third-order valence-corrected chi connectivity index (χ3v) is 6.57.